The van der Waals surface area contributed by atoms with Crippen molar-refractivity contribution < 1.29 is 36.9 Å². The molecule has 2 atom stereocenters. The van der Waals surface area contributed by atoms with Crippen LogP contribution in [0.4, 0.5) is 13.2 Å². The van der Waals surface area contributed by atoms with Gasteiger partial charge in [0.25, 0.3) is 5.91 Å². The zero-order valence-electron chi connectivity index (χ0n) is 20.6. The fourth-order valence-electron chi connectivity index (χ4n) is 5.49. The topological polar surface area (TPSA) is 57.2 Å². The lowest BCUT2D eigenvalue weighted by Gasteiger charge is -2.42. The molecule has 2 aliphatic heterocycles. The first-order chi connectivity index (χ1) is 17.0. The van der Waals surface area contributed by atoms with Gasteiger partial charge in [-0.05, 0) is 35.9 Å². The molecule has 190 valence electrons. The number of hydrogen-bond donors (Lipinski definition) is 0. The van der Waals surface area contributed by atoms with Gasteiger partial charge in [-0.1, -0.05) is 12.1 Å². The highest BCUT2D eigenvalue weighted by atomic mass is 19.3. The molecule has 3 fully saturated rings. The van der Waals surface area contributed by atoms with Gasteiger partial charge in [-0.3, -0.25) is 4.79 Å². The highest BCUT2D eigenvalue weighted by molar-refractivity contribution is 6.38. The Hall–Kier alpha value is -2.65. The Balaban J connectivity index is 1.30. The molecule has 0 spiro atoms. The Morgan fingerprint density at radius 3 is 2.64 bits per heavy atom. The standard InChI is InChI=1S/C25H28B2F3NO5/c1-33-20-9-16(5-6-19(20)34-14-15-11-23(29,30)12-15)22(32)31-8-7-24(17-3-2-4-18(28)10-17)21(13-31)35-25(26,27)36-24/h2-6,9-10,15,21H,7-8,11-14,26-27H2,1H3/t21?,24-/m1/s1. The van der Waals surface area contributed by atoms with Gasteiger partial charge in [-0.15, -0.1) is 0 Å². The molecular formula is C25H28B2F3NO5. The fraction of sp³-hybridized carbons (Fsp3) is 0.480. The Labute approximate surface area is 209 Å². The zero-order chi connectivity index (χ0) is 25.7. The number of fused-ring (bicyclic) bond motifs is 1. The lowest BCUT2D eigenvalue weighted by Crippen LogP contribution is -2.53. The summed E-state index contributed by atoms with van der Waals surface area (Å²) in [5.74, 6) is -2.59. The molecule has 0 aromatic heterocycles. The van der Waals surface area contributed by atoms with E-state index in [0.29, 0.717) is 35.6 Å². The maximum atomic E-state index is 14.0. The van der Waals surface area contributed by atoms with Gasteiger partial charge in [-0.25, -0.2) is 13.2 Å². The average molecular weight is 501 g/mol. The number of methoxy groups -OCH3 is 1. The highest BCUT2D eigenvalue weighted by Gasteiger charge is 2.56. The van der Waals surface area contributed by atoms with Crippen LogP contribution >= 0.6 is 0 Å². The van der Waals surface area contributed by atoms with E-state index in [9.17, 15) is 18.0 Å². The molecule has 1 aliphatic carbocycles. The predicted octanol–water partition coefficient (Wildman–Crippen LogP) is 2.29. The Bertz CT molecular complexity index is 1160. The van der Waals surface area contributed by atoms with Gasteiger partial charge in [0.1, 0.15) is 17.5 Å². The first kappa shape index (κ1) is 25.0. The second-order valence-electron chi connectivity index (χ2n) is 10.3. The second-order valence-corrected chi connectivity index (χ2v) is 10.3. The van der Waals surface area contributed by atoms with Crippen LogP contribution in [0.1, 0.15) is 35.2 Å². The van der Waals surface area contributed by atoms with Gasteiger partial charge in [0.15, 0.2) is 27.2 Å². The van der Waals surface area contributed by atoms with Crippen LogP contribution in [0.15, 0.2) is 42.5 Å². The third-order valence-corrected chi connectivity index (χ3v) is 7.17. The second kappa shape index (κ2) is 9.03. The number of ether oxygens (including phenoxy) is 4. The van der Waals surface area contributed by atoms with E-state index in [2.05, 4.69) is 0 Å². The molecule has 36 heavy (non-hydrogen) atoms. The minimum Gasteiger partial charge on any atom is -0.493 e. The van der Waals surface area contributed by atoms with Crippen LogP contribution < -0.4 is 9.47 Å². The summed E-state index contributed by atoms with van der Waals surface area (Å²) in [6.07, 6.45) is -0.388. The summed E-state index contributed by atoms with van der Waals surface area (Å²) in [7, 11) is 5.09. The maximum absolute atomic E-state index is 14.0. The van der Waals surface area contributed by atoms with Crippen LogP contribution in [0.25, 0.3) is 0 Å². The zero-order valence-corrected chi connectivity index (χ0v) is 20.6. The van der Waals surface area contributed by atoms with E-state index < -0.39 is 23.2 Å². The van der Waals surface area contributed by atoms with Crippen molar-refractivity contribution in [2.45, 2.75) is 42.5 Å². The first-order valence-electron chi connectivity index (χ1n) is 12.1. The van der Waals surface area contributed by atoms with Crippen molar-refractivity contribution in [1.82, 2.24) is 4.90 Å². The number of benzene rings is 2. The minimum absolute atomic E-state index is 0.169. The predicted molar refractivity (Wildman–Crippen MR) is 131 cm³/mol. The molecule has 0 bridgehead atoms. The molecule has 1 unspecified atom stereocenters. The SMILES string of the molecule is BC1(B)OC2CN(C(=O)c3ccc(OCC4CC(F)(F)C4)c(OC)c3)CC[C@]2(c2cccc(F)c2)O1. The molecule has 0 N–H and O–H groups in total. The minimum atomic E-state index is -2.60. The molecule has 0 radical (unpaired) electrons. The Kier molecular flexibility index (Phi) is 6.27. The lowest BCUT2D eigenvalue weighted by molar-refractivity contribution is -0.119. The van der Waals surface area contributed by atoms with Crippen LogP contribution in [-0.4, -0.2) is 70.9 Å². The lowest BCUT2D eigenvalue weighted by atomic mass is 9.76. The number of halogens is 3. The number of piperidine rings is 1. The average Bonchev–Trinajstić information content (AvgIpc) is 3.11. The van der Waals surface area contributed by atoms with E-state index in [-0.39, 0.29) is 43.6 Å². The largest absolute Gasteiger partial charge is 0.493 e. The summed E-state index contributed by atoms with van der Waals surface area (Å²) in [5, 5.41) is 0. The van der Waals surface area contributed by atoms with E-state index in [1.165, 1.54) is 19.2 Å². The molecular weight excluding hydrogens is 473 g/mol. The molecule has 2 heterocycles. The number of carbonyl (C=O) groups excluding carboxylic acids is 1. The Morgan fingerprint density at radius 2 is 1.94 bits per heavy atom. The van der Waals surface area contributed by atoms with Crippen molar-refractivity contribution in [3.8, 4) is 11.5 Å². The van der Waals surface area contributed by atoms with Crippen molar-refractivity contribution >= 4 is 21.6 Å². The molecule has 11 heteroatoms. The third kappa shape index (κ3) is 4.70. The van der Waals surface area contributed by atoms with Crippen molar-refractivity contribution in [3.63, 3.8) is 0 Å². The maximum Gasteiger partial charge on any atom is 0.254 e. The van der Waals surface area contributed by atoms with Gasteiger partial charge in [-0.2, -0.15) is 0 Å². The number of likely N-dealkylation sites (tertiary alicyclic amines) is 1. The molecule has 5 rings (SSSR count). The number of nitrogens with zero attached hydrogens (tertiary/aromatic N) is 1. The van der Waals surface area contributed by atoms with E-state index in [1.54, 1.807) is 29.2 Å². The quantitative estimate of drug-likeness (QED) is 0.570. The van der Waals surface area contributed by atoms with Crippen molar-refractivity contribution in [2.24, 2.45) is 5.92 Å². The van der Waals surface area contributed by atoms with Crippen molar-refractivity contribution in [1.29, 1.82) is 0 Å². The summed E-state index contributed by atoms with van der Waals surface area (Å²) in [6.45, 7) is 0.833. The number of rotatable bonds is 6. The van der Waals surface area contributed by atoms with Crippen LogP contribution in [0.3, 0.4) is 0 Å². The molecule has 1 amide bonds. The molecule has 3 aliphatic rings. The van der Waals surface area contributed by atoms with Gasteiger partial charge in [0, 0.05) is 37.3 Å². The van der Waals surface area contributed by atoms with Gasteiger partial charge in [0.05, 0.1) is 25.8 Å². The Morgan fingerprint density at radius 1 is 1.17 bits per heavy atom. The summed E-state index contributed by atoms with van der Waals surface area (Å²) >= 11 is 0. The summed E-state index contributed by atoms with van der Waals surface area (Å²) in [5.41, 5.74) is -0.637. The molecule has 1 saturated carbocycles. The molecule has 6 nitrogen and oxygen atoms in total. The van der Waals surface area contributed by atoms with Crippen molar-refractivity contribution in [2.75, 3.05) is 26.8 Å². The van der Waals surface area contributed by atoms with Crippen molar-refractivity contribution in [3.05, 3.63) is 59.4 Å². The first-order valence-corrected chi connectivity index (χ1v) is 12.1. The molecule has 2 saturated heterocycles. The van der Waals surface area contributed by atoms with Crippen LogP contribution in [-0.2, 0) is 15.1 Å². The van der Waals surface area contributed by atoms with Gasteiger partial charge >= 0.3 is 0 Å². The van der Waals surface area contributed by atoms with Gasteiger partial charge in [0.2, 0.25) is 5.92 Å². The number of carbonyl (C=O) groups is 1. The van der Waals surface area contributed by atoms with E-state index in [0.717, 1.165) is 0 Å². The van der Waals surface area contributed by atoms with E-state index >= 15 is 0 Å². The number of hydrogen-bond acceptors (Lipinski definition) is 5. The smallest absolute Gasteiger partial charge is 0.254 e. The van der Waals surface area contributed by atoms with Crippen LogP contribution in [0.5, 0.6) is 11.5 Å². The van der Waals surface area contributed by atoms with Crippen LogP contribution in [0, 0.1) is 11.7 Å². The summed E-state index contributed by atoms with van der Waals surface area (Å²) < 4.78 is 63.8. The molecule has 2 aromatic rings. The molecule has 2 aromatic carbocycles. The fourth-order valence-corrected chi connectivity index (χ4v) is 5.49. The summed E-state index contributed by atoms with van der Waals surface area (Å²) in [6, 6.07) is 11.2. The van der Waals surface area contributed by atoms with Gasteiger partial charge < -0.3 is 23.8 Å². The van der Waals surface area contributed by atoms with E-state index in [1.807, 2.05) is 21.8 Å². The highest BCUT2D eigenvalue weighted by Crippen LogP contribution is 2.47. The third-order valence-electron chi connectivity index (χ3n) is 7.17. The summed E-state index contributed by atoms with van der Waals surface area (Å²) in [4.78, 5) is 15.1. The monoisotopic (exact) mass is 501 g/mol. The van der Waals surface area contributed by atoms with Crippen LogP contribution in [0.2, 0.25) is 0 Å². The normalized spacial score (nSPS) is 26.7. The van der Waals surface area contributed by atoms with E-state index in [4.69, 9.17) is 18.9 Å². The number of alkyl halides is 2. The number of amides is 1.